The molecule has 20 heavy (non-hydrogen) atoms. The molecule has 0 spiro atoms. The summed E-state index contributed by atoms with van der Waals surface area (Å²) < 4.78 is 0. The van der Waals surface area contributed by atoms with E-state index in [9.17, 15) is 9.59 Å². The van der Waals surface area contributed by atoms with Crippen LogP contribution in [-0.4, -0.2) is 16.7 Å². The number of anilines is 1. The third-order valence-corrected chi connectivity index (χ3v) is 4.67. The number of aryl methyl sites for hydroxylation is 2. The zero-order valence-electron chi connectivity index (χ0n) is 10.9. The molecule has 1 aliphatic rings. The van der Waals surface area contributed by atoms with Gasteiger partial charge in [-0.25, -0.2) is 4.98 Å². The van der Waals surface area contributed by atoms with Crippen LogP contribution in [0, 0.1) is 13.8 Å². The lowest BCUT2D eigenvalue weighted by molar-refractivity contribution is -0.114. The van der Waals surface area contributed by atoms with Crippen LogP contribution in [0.15, 0.2) is 18.2 Å². The predicted molar refractivity (Wildman–Crippen MR) is 78.6 cm³/mol. The molecular weight excluding hydrogens is 296 g/mol. The number of rotatable bonds is 2. The number of thiazole rings is 1. The molecule has 0 N–H and O–H groups in total. The Kier molecular flexibility index (Phi) is 3.11. The number of ketones is 1. The van der Waals surface area contributed by atoms with E-state index in [1.165, 1.54) is 16.2 Å². The number of fused-ring (bicyclic) bond motifs is 1. The van der Waals surface area contributed by atoms with Crippen LogP contribution in [0.25, 0.3) is 0 Å². The first-order chi connectivity index (χ1) is 9.49. The van der Waals surface area contributed by atoms with Gasteiger partial charge in [0.25, 0.3) is 11.7 Å². The van der Waals surface area contributed by atoms with E-state index < -0.39 is 11.7 Å². The molecule has 2 heterocycles. The van der Waals surface area contributed by atoms with Gasteiger partial charge in [0.2, 0.25) is 0 Å². The monoisotopic (exact) mass is 306 g/mol. The normalized spacial score (nSPS) is 14.1. The van der Waals surface area contributed by atoms with Crippen molar-refractivity contribution in [2.75, 3.05) is 4.90 Å². The van der Waals surface area contributed by atoms with Crippen molar-refractivity contribution in [1.29, 1.82) is 0 Å². The molecule has 0 bridgehead atoms. The molecule has 1 aliphatic heterocycles. The van der Waals surface area contributed by atoms with Crippen LogP contribution in [0.2, 0.25) is 5.02 Å². The lowest BCUT2D eigenvalue weighted by atomic mass is 10.1. The number of Topliss-reactive ketones (excluding diaryl/α,β-unsaturated/α-hetero) is 1. The number of benzene rings is 1. The summed E-state index contributed by atoms with van der Waals surface area (Å²) in [5, 5.41) is 1.21. The maximum absolute atomic E-state index is 12.1. The minimum atomic E-state index is -0.543. The quantitative estimate of drug-likeness (QED) is 0.801. The lowest BCUT2D eigenvalue weighted by Crippen LogP contribution is -2.29. The molecule has 2 aromatic rings. The van der Waals surface area contributed by atoms with E-state index in [-0.39, 0.29) is 6.54 Å². The zero-order chi connectivity index (χ0) is 14.4. The Hall–Kier alpha value is -1.72. The molecule has 1 aromatic heterocycles. The largest absolute Gasteiger partial charge is 0.299 e. The van der Waals surface area contributed by atoms with Gasteiger partial charge in [0, 0.05) is 4.88 Å². The second-order valence-electron chi connectivity index (χ2n) is 4.61. The first-order valence-electron chi connectivity index (χ1n) is 6.06. The van der Waals surface area contributed by atoms with E-state index in [0.717, 1.165) is 15.6 Å². The van der Waals surface area contributed by atoms with E-state index in [1.54, 1.807) is 18.2 Å². The van der Waals surface area contributed by atoms with Crippen LogP contribution in [0.1, 0.15) is 25.9 Å². The van der Waals surface area contributed by atoms with E-state index in [4.69, 9.17) is 11.6 Å². The van der Waals surface area contributed by atoms with Gasteiger partial charge in [-0.05, 0) is 26.0 Å². The number of para-hydroxylation sites is 1. The van der Waals surface area contributed by atoms with Crippen LogP contribution < -0.4 is 4.90 Å². The Morgan fingerprint density at radius 1 is 1.30 bits per heavy atom. The van der Waals surface area contributed by atoms with Crippen LogP contribution >= 0.6 is 22.9 Å². The number of nitrogens with zero attached hydrogens (tertiary/aromatic N) is 2. The molecule has 102 valence electrons. The fourth-order valence-electron chi connectivity index (χ4n) is 2.21. The summed E-state index contributed by atoms with van der Waals surface area (Å²) in [4.78, 5) is 31.0. The molecule has 4 nitrogen and oxygen atoms in total. The average molecular weight is 307 g/mol. The predicted octanol–water partition coefficient (Wildman–Crippen LogP) is 3.14. The highest BCUT2D eigenvalue weighted by Gasteiger charge is 2.37. The zero-order valence-corrected chi connectivity index (χ0v) is 12.5. The summed E-state index contributed by atoms with van der Waals surface area (Å²) >= 11 is 7.66. The van der Waals surface area contributed by atoms with Gasteiger partial charge in [-0.15, -0.1) is 11.3 Å². The standard InChI is InChI=1S/C14H11ClN2O2S/c1-7-8(2)20-11(16-7)6-17-12-9(13(18)14(17)19)4-3-5-10(12)15/h3-5H,6H2,1-2H3. The van der Waals surface area contributed by atoms with Crippen LogP contribution in [0.3, 0.4) is 0 Å². The van der Waals surface area contributed by atoms with Gasteiger partial charge in [-0.1, -0.05) is 17.7 Å². The van der Waals surface area contributed by atoms with Crippen LogP contribution in [0.5, 0.6) is 0 Å². The average Bonchev–Trinajstić information content (AvgIpc) is 2.84. The summed E-state index contributed by atoms with van der Waals surface area (Å²) in [6.45, 7) is 4.18. The van der Waals surface area contributed by atoms with Gasteiger partial charge in [0.15, 0.2) is 0 Å². The second-order valence-corrected chi connectivity index (χ2v) is 6.30. The molecule has 3 rings (SSSR count). The summed E-state index contributed by atoms with van der Waals surface area (Å²) in [6, 6.07) is 4.98. The van der Waals surface area contributed by atoms with Gasteiger partial charge in [-0.2, -0.15) is 0 Å². The number of amides is 1. The molecule has 0 atom stereocenters. The SMILES string of the molecule is Cc1nc(CN2C(=O)C(=O)c3cccc(Cl)c32)sc1C. The minimum absolute atomic E-state index is 0.278. The first kappa shape index (κ1) is 13.3. The molecule has 0 unspecified atom stereocenters. The van der Waals surface area contributed by atoms with E-state index in [2.05, 4.69) is 4.98 Å². The summed E-state index contributed by atoms with van der Waals surface area (Å²) in [6.07, 6.45) is 0. The van der Waals surface area contributed by atoms with Crippen LogP contribution in [-0.2, 0) is 11.3 Å². The summed E-state index contributed by atoms with van der Waals surface area (Å²) in [5.41, 5.74) is 1.81. The number of halogens is 1. The molecule has 0 fully saturated rings. The number of carbonyl (C=O) groups is 2. The second kappa shape index (κ2) is 4.68. The Labute approximate surface area is 125 Å². The van der Waals surface area contributed by atoms with Crippen molar-refractivity contribution in [1.82, 2.24) is 4.98 Å². The lowest BCUT2D eigenvalue weighted by Gasteiger charge is -2.15. The number of aromatic nitrogens is 1. The van der Waals surface area contributed by atoms with E-state index in [1.807, 2.05) is 13.8 Å². The molecule has 0 radical (unpaired) electrons. The molecular formula is C14H11ClN2O2S. The minimum Gasteiger partial charge on any atom is -0.296 e. The van der Waals surface area contributed by atoms with Crippen molar-refractivity contribution >= 4 is 40.3 Å². The van der Waals surface area contributed by atoms with Gasteiger partial charge in [0.1, 0.15) is 5.01 Å². The van der Waals surface area contributed by atoms with Gasteiger partial charge in [0.05, 0.1) is 28.5 Å². The van der Waals surface area contributed by atoms with Crippen molar-refractivity contribution in [2.24, 2.45) is 0 Å². The van der Waals surface area contributed by atoms with Crippen LogP contribution in [0.4, 0.5) is 5.69 Å². The molecule has 0 saturated carbocycles. The third kappa shape index (κ3) is 1.94. The topological polar surface area (TPSA) is 50.3 Å². The summed E-state index contributed by atoms with van der Waals surface area (Å²) in [7, 11) is 0. The van der Waals surface area contributed by atoms with E-state index in [0.29, 0.717) is 16.3 Å². The fraction of sp³-hybridized carbons (Fsp3) is 0.214. The van der Waals surface area contributed by atoms with Crippen molar-refractivity contribution in [3.8, 4) is 0 Å². The molecule has 1 amide bonds. The Morgan fingerprint density at radius 3 is 2.70 bits per heavy atom. The van der Waals surface area contributed by atoms with Crippen molar-refractivity contribution in [2.45, 2.75) is 20.4 Å². The summed E-state index contributed by atoms with van der Waals surface area (Å²) in [5.74, 6) is -1.05. The highest BCUT2D eigenvalue weighted by molar-refractivity contribution is 7.11. The Balaban J connectivity index is 2.03. The molecule has 1 aromatic carbocycles. The smallest absolute Gasteiger partial charge is 0.296 e. The van der Waals surface area contributed by atoms with Gasteiger partial charge >= 0.3 is 0 Å². The van der Waals surface area contributed by atoms with E-state index >= 15 is 0 Å². The maximum Gasteiger partial charge on any atom is 0.299 e. The number of hydrogen-bond donors (Lipinski definition) is 0. The third-order valence-electron chi connectivity index (χ3n) is 3.31. The highest BCUT2D eigenvalue weighted by Crippen LogP contribution is 2.37. The molecule has 0 aliphatic carbocycles. The number of carbonyl (C=O) groups excluding carboxylic acids is 2. The van der Waals surface area contributed by atoms with Crippen molar-refractivity contribution in [3.63, 3.8) is 0 Å². The Morgan fingerprint density at radius 2 is 2.05 bits per heavy atom. The molecule has 6 heteroatoms. The van der Waals surface area contributed by atoms with Gasteiger partial charge < -0.3 is 0 Å². The van der Waals surface area contributed by atoms with Gasteiger partial charge in [-0.3, -0.25) is 14.5 Å². The van der Waals surface area contributed by atoms with Crippen molar-refractivity contribution in [3.05, 3.63) is 44.4 Å². The first-order valence-corrected chi connectivity index (χ1v) is 7.26. The van der Waals surface area contributed by atoms with Crippen molar-refractivity contribution < 1.29 is 9.59 Å². The highest BCUT2D eigenvalue weighted by atomic mass is 35.5. The Bertz CT molecular complexity index is 719. The number of hydrogen-bond acceptors (Lipinski definition) is 4. The maximum atomic E-state index is 12.1. The molecule has 0 saturated heterocycles. The fourth-order valence-corrected chi connectivity index (χ4v) is 3.40.